The van der Waals surface area contributed by atoms with Gasteiger partial charge in [0.15, 0.2) is 0 Å². The first-order chi connectivity index (χ1) is 7.27. The molecule has 0 radical (unpaired) electrons. The van der Waals surface area contributed by atoms with Crippen LogP contribution in [-0.2, 0) is 4.74 Å². The maximum absolute atomic E-state index is 11.7. The van der Waals surface area contributed by atoms with E-state index in [4.69, 9.17) is 4.74 Å². The van der Waals surface area contributed by atoms with E-state index in [-0.39, 0.29) is 12.1 Å². The van der Waals surface area contributed by atoms with E-state index in [9.17, 15) is 4.79 Å². The van der Waals surface area contributed by atoms with Gasteiger partial charge in [-0.05, 0) is 37.1 Å². The van der Waals surface area contributed by atoms with E-state index in [1.807, 2.05) is 24.4 Å². The van der Waals surface area contributed by atoms with Gasteiger partial charge in [-0.3, -0.25) is 0 Å². The zero-order valence-electron chi connectivity index (χ0n) is 8.94. The van der Waals surface area contributed by atoms with Crippen molar-refractivity contribution in [2.75, 3.05) is 0 Å². The van der Waals surface area contributed by atoms with Gasteiger partial charge >= 0.3 is 5.97 Å². The van der Waals surface area contributed by atoms with E-state index in [2.05, 4.69) is 0 Å². The van der Waals surface area contributed by atoms with Crippen molar-refractivity contribution in [1.29, 1.82) is 0 Å². The van der Waals surface area contributed by atoms with E-state index < -0.39 is 0 Å². The molecule has 2 rings (SSSR count). The lowest BCUT2D eigenvalue weighted by Gasteiger charge is -2.18. The molecule has 2 nitrogen and oxygen atoms in total. The molecule has 1 fully saturated rings. The van der Waals surface area contributed by atoms with Gasteiger partial charge in [-0.2, -0.15) is 0 Å². The molecule has 1 aliphatic carbocycles. The third-order valence-electron chi connectivity index (χ3n) is 3.08. The number of carbonyl (C=O) groups excluding carboxylic acids is 1. The van der Waals surface area contributed by atoms with Crippen LogP contribution in [0.25, 0.3) is 0 Å². The molecule has 0 saturated heterocycles. The highest BCUT2D eigenvalue weighted by atomic mass is 32.1. The van der Waals surface area contributed by atoms with Crippen LogP contribution in [0.15, 0.2) is 17.5 Å². The monoisotopic (exact) mass is 224 g/mol. The number of hydrogen-bond donors (Lipinski definition) is 0. The maximum atomic E-state index is 11.7. The standard InChI is InChI=1S/C12H16O2S/c1-9(10-5-2-3-6-10)14-12(13)11-7-4-8-15-11/h4,7-10H,2-3,5-6H2,1H3. The van der Waals surface area contributed by atoms with Crippen LogP contribution in [0.4, 0.5) is 0 Å². The Morgan fingerprint density at radius 1 is 1.53 bits per heavy atom. The highest BCUT2D eigenvalue weighted by Gasteiger charge is 2.24. The van der Waals surface area contributed by atoms with Crippen molar-refractivity contribution in [2.45, 2.75) is 38.7 Å². The molecule has 3 heteroatoms. The average molecular weight is 224 g/mol. The second kappa shape index (κ2) is 4.79. The minimum Gasteiger partial charge on any atom is -0.458 e. The summed E-state index contributed by atoms with van der Waals surface area (Å²) in [6, 6.07) is 3.69. The first-order valence-electron chi connectivity index (χ1n) is 5.52. The maximum Gasteiger partial charge on any atom is 0.348 e. The predicted molar refractivity (Wildman–Crippen MR) is 61.2 cm³/mol. The lowest BCUT2D eigenvalue weighted by atomic mass is 10.0. The average Bonchev–Trinajstić information content (AvgIpc) is 2.91. The van der Waals surface area contributed by atoms with Gasteiger partial charge in [0.2, 0.25) is 0 Å². The van der Waals surface area contributed by atoms with Gasteiger partial charge < -0.3 is 4.74 Å². The zero-order chi connectivity index (χ0) is 10.7. The lowest BCUT2D eigenvalue weighted by molar-refractivity contribution is 0.0209. The van der Waals surface area contributed by atoms with Crippen LogP contribution in [-0.4, -0.2) is 12.1 Å². The fourth-order valence-corrected chi connectivity index (χ4v) is 2.75. The van der Waals surface area contributed by atoms with Gasteiger partial charge in [-0.1, -0.05) is 18.9 Å². The summed E-state index contributed by atoms with van der Waals surface area (Å²) in [7, 11) is 0. The molecule has 0 bridgehead atoms. The molecule has 0 aliphatic heterocycles. The summed E-state index contributed by atoms with van der Waals surface area (Å²) in [5.74, 6) is 0.415. The van der Waals surface area contributed by atoms with E-state index >= 15 is 0 Å². The number of thiophene rings is 1. The third-order valence-corrected chi connectivity index (χ3v) is 3.93. The normalized spacial score (nSPS) is 19.0. The summed E-state index contributed by atoms with van der Waals surface area (Å²) < 4.78 is 5.45. The molecule has 0 N–H and O–H groups in total. The Morgan fingerprint density at radius 2 is 2.27 bits per heavy atom. The van der Waals surface area contributed by atoms with E-state index in [0.717, 1.165) is 0 Å². The van der Waals surface area contributed by atoms with Crippen LogP contribution in [0.2, 0.25) is 0 Å². The van der Waals surface area contributed by atoms with Crippen LogP contribution in [0.3, 0.4) is 0 Å². The quantitative estimate of drug-likeness (QED) is 0.735. The highest BCUT2D eigenvalue weighted by molar-refractivity contribution is 7.11. The highest BCUT2D eigenvalue weighted by Crippen LogP contribution is 2.29. The third kappa shape index (κ3) is 2.59. The van der Waals surface area contributed by atoms with Crippen molar-refractivity contribution in [3.63, 3.8) is 0 Å². The lowest BCUT2D eigenvalue weighted by Crippen LogP contribution is -2.21. The molecule has 1 saturated carbocycles. The van der Waals surface area contributed by atoms with E-state index in [0.29, 0.717) is 10.8 Å². The first kappa shape index (κ1) is 10.7. The molecule has 1 unspecified atom stereocenters. The van der Waals surface area contributed by atoms with Gasteiger partial charge in [-0.15, -0.1) is 11.3 Å². The van der Waals surface area contributed by atoms with Gasteiger partial charge in [0.1, 0.15) is 11.0 Å². The number of ether oxygens (including phenoxy) is 1. The summed E-state index contributed by atoms with van der Waals surface area (Å²) in [6.45, 7) is 2.02. The summed E-state index contributed by atoms with van der Waals surface area (Å²) in [4.78, 5) is 12.4. The van der Waals surface area contributed by atoms with Crippen LogP contribution in [0, 0.1) is 5.92 Å². The second-order valence-corrected chi connectivity index (χ2v) is 5.08. The Hall–Kier alpha value is -0.830. The summed E-state index contributed by atoms with van der Waals surface area (Å²) in [5.41, 5.74) is 0. The Morgan fingerprint density at radius 3 is 2.87 bits per heavy atom. The molecule has 1 aromatic heterocycles. The van der Waals surface area contributed by atoms with Gasteiger partial charge in [-0.25, -0.2) is 4.79 Å². The van der Waals surface area contributed by atoms with Crippen molar-refractivity contribution >= 4 is 17.3 Å². The van der Waals surface area contributed by atoms with Gasteiger partial charge in [0, 0.05) is 0 Å². The van der Waals surface area contributed by atoms with Crippen LogP contribution in [0.5, 0.6) is 0 Å². The molecule has 0 spiro atoms. The van der Waals surface area contributed by atoms with Crippen molar-refractivity contribution in [1.82, 2.24) is 0 Å². The van der Waals surface area contributed by atoms with Crippen molar-refractivity contribution in [3.05, 3.63) is 22.4 Å². The molecule has 0 amide bonds. The Kier molecular flexibility index (Phi) is 3.41. The predicted octanol–water partition coefficient (Wildman–Crippen LogP) is 3.48. The van der Waals surface area contributed by atoms with Crippen molar-refractivity contribution in [2.24, 2.45) is 5.92 Å². The van der Waals surface area contributed by atoms with E-state index in [1.54, 1.807) is 0 Å². The van der Waals surface area contributed by atoms with Gasteiger partial charge in [0.25, 0.3) is 0 Å². The molecule has 0 aromatic carbocycles. The molecule has 82 valence electrons. The molecular formula is C12H16O2S. The number of rotatable bonds is 3. The van der Waals surface area contributed by atoms with Crippen LogP contribution in [0.1, 0.15) is 42.3 Å². The second-order valence-electron chi connectivity index (χ2n) is 4.13. The zero-order valence-corrected chi connectivity index (χ0v) is 9.76. The van der Waals surface area contributed by atoms with Gasteiger partial charge in [0.05, 0.1) is 0 Å². The molecule has 1 aromatic rings. The molecule has 15 heavy (non-hydrogen) atoms. The SMILES string of the molecule is CC(OC(=O)c1cccs1)C1CCCC1. The number of hydrogen-bond acceptors (Lipinski definition) is 3. The topological polar surface area (TPSA) is 26.3 Å². The first-order valence-corrected chi connectivity index (χ1v) is 6.40. The van der Waals surface area contributed by atoms with Crippen molar-refractivity contribution < 1.29 is 9.53 Å². The molecule has 1 heterocycles. The molecule has 1 aliphatic rings. The Labute approximate surface area is 94.3 Å². The smallest absolute Gasteiger partial charge is 0.348 e. The van der Waals surface area contributed by atoms with Crippen molar-refractivity contribution in [3.8, 4) is 0 Å². The largest absolute Gasteiger partial charge is 0.458 e. The minimum atomic E-state index is -0.163. The fraction of sp³-hybridized carbons (Fsp3) is 0.583. The van der Waals surface area contributed by atoms with Crippen LogP contribution >= 0.6 is 11.3 Å². The minimum absolute atomic E-state index is 0.0714. The summed E-state index contributed by atoms with van der Waals surface area (Å²) >= 11 is 1.44. The molecule has 1 atom stereocenters. The Bertz CT molecular complexity index is 312. The Balaban J connectivity index is 1.88. The summed E-state index contributed by atoms with van der Waals surface area (Å²) in [6.07, 6.45) is 5.05. The number of carbonyl (C=O) groups is 1. The van der Waals surface area contributed by atoms with E-state index in [1.165, 1.54) is 37.0 Å². The summed E-state index contributed by atoms with van der Waals surface area (Å²) in [5, 5.41) is 1.90. The fourth-order valence-electron chi connectivity index (χ4n) is 2.14. The number of esters is 1. The van der Waals surface area contributed by atoms with Crippen LogP contribution < -0.4 is 0 Å². The molecular weight excluding hydrogens is 208 g/mol.